The monoisotopic (exact) mass is 307 g/mol. The van der Waals surface area contributed by atoms with Gasteiger partial charge in [0.05, 0.1) is 17.1 Å². The molecule has 0 radical (unpaired) electrons. The third-order valence-corrected chi connectivity index (χ3v) is 3.80. The van der Waals surface area contributed by atoms with Gasteiger partial charge in [-0.25, -0.2) is 0 Å². The lowest BCUT2D eigenvalue weighted by molar-refractivity contribution is 0.0323. The van der Waals surface area contributed by atoms with Gasteiger partial charge in [0.25, 0.3) is 5.91 Å². The fourth-order valence-corrected chi connectivity index (χ4v) is 2.19. The van der Waals surface area contributed by atoms with E-state index in [1.807, 2.05) is 13.0 Å². The predicted molar refractivity (Wildman–Crippen MR) is 81.5 cm³/mol. The van der Waals surface area contributed by atoms with Crippen molar-refractivity contribution in [3.8, 4) is 0 Å². The van der Waals surface area contributed by atoms with E-state index in [2.05, 4.69) is 5.32 Å². The minimum Gasteiger partial charge on any atom is -0.463 e. The molecule has 21 heavy (non-hydrogen) atoms. The molecule has 1 heterocycles. The van der Waals surface area contributed by atoms with E-state index in [9.17, 15) is 9.90 Å². The lowest BCUT2D eigenvalue weighted by Crippen LogP contribution is -2.38. The van der Waals surface area contributed by atoms with Gasteiger partial charge in [0, 0.05) is 0 Å². The molecule has 4 nitrogen and oxygen atoms in total. The third-order valence-electron chi connectivity index (χ3n) is 3.30. The zero-order valence-electron chi connectivity index (χ0n) is 12.2. The molecule has 1 aromatic heterocycles. The van der Waals surface area contributed by atoms with Crippen LogP contribution in [0.4, 0.5) is 0 Å². The first-order valence-corrected chi connectivity index (χ1v) is 7.01. The number of carbonyl (C=O) groups excluding carboxylic acids is 1. The maximum absolute atomic E-state index is 12.2. The fourth-order valence-electron chi connectivity index (χ4n) is 1.98. The van der Waals surface area contributed by atoms with E-state index in [1.165, 1.54) is 0 Å². The molecule has 0 aliphatic carbocycles. The Morgan fingerprint density at radius 3 is 2.67 bits per heavy atom. The van der Waals surface area contributed by atoms with Crippen LogP contribution in [-0.2, 0) is 5.60 Å². The van der Waals surface area contributed by atoms with Crippen LogP contribution in [-0.4, -0.2) is 17.6 Å². The van der Waals surface area contributed by atoms with E-state index < -0.39 is 5.60 Å². The SMILES string of the molecule is Cc1ccc(C(C)(O)CNC(=O)c2cccc(C)c2Cl)o1. The van der Waals surface area contributed by atoms with Crippen LogP contribution in [0.15, 0.2) is 34.7 Å². The molecule has 0 bridgehead atoms. The summed E-state index contributed by atoms with van der Waals surface area (Å²) in [6.45, 7) is 5.25. The first-order valence-electron chi connectivity index (χ1n) is 6.64. The fraction of sp³-hybridized carbons (Fsp3) is 0.312. The van der Waals surface area contributed by atoms with E-state index >= 15 is 0 Å². The number of carbonyl (C=O) groups is 1. The molecule has 5 heteroatoms. The Balaban J connectivity index is 2.09. The smallest absolute Gasteiger partial charge is 0.252 e. The Labute approximate surface area is 128 Å². The van der Waals surface area contributed by atoms with Crippen molar-refractivity contribution in [3.63, 3.8) is 0 Å². The van der Waals surface area contributed by atoms with Crippen LogP contribution in [0.25, 0.3) is 0 Å². The van der Waals surface area contributed by atoms with Crippen molar-refractivity contribution in [2.75, 3.05) is 6.54 Å². The number of benzene rings is 1. The van der Waals surface area contributed by atoms with Gasteiger partial charge in [0.1, 0.15) is 17.1 Å². The predicted octanol–water partition coefficient (Wildman–Crippen LogP) is 3.19. The molecule has 0 fully saturated rings. The lowest BCUT2D eigenvalue weighted by Gasteiger charge is -2.21. The third kappa shape index (κ3) is 3.46. The highest BCUT2D eigenvalue weighted by Crippen LogP contribution is 2.23. The average Bonchev–Trinajstić information content (AvgIpc) is 2.87. The first-order chi connectivity index (χ1) is 9.81. The highest BCUT2D eigenvalue weighted by molar-refractivity contribution is 6.34. The maximum Gasteiger partial charge on any atom is 0.252 e. The largest absolute Gasteiger partial charge is 0.463 e. The van der Waals surface area contributed by atoms with E-state index in [0.29, 0.717) is 22.1 Å². The summed E-state index contributed by atoms with van der Waals surface area (Å²) in [5.74, 6) is 0.793. The van der Waals surface area contributed by atoms with Crippen molar-refractivity contribution in [3.05, 3.63) is 58.0 Å². The number of halogens is 1. The molecule has 0 aliphatic rings. The molecule has 1 aromatic carbocycles. The Morgan fingerprint density at radius 2 is 2.05 bits per heavy atom. The van der Waals surface area contributed by atoms with E-state index in [-0.39, 0.29) is 12.5 Å². The summed E-state index contributed by atoms with van der Waals surface area (Å²) in [7, 11) is 0. The van der Waals surface area contributed by atoms with Crippen LogP contribution in [0.2, 0.25) is 5.02 Å². The number of aliphatic hydroxyl groups is 1. The first kappa shape index (κ1) is 15.6. The average molecular weight is 308 g/mol. The van der Waals surface area contributed by atoms with E-state index in [0.717, 1.165) is 5.56 Å². The second-order valence-corrected chi connectivity index (χ2v) is 5.68. The van der Waals surface area contributed by atoms with Crippen LogP contribution in [0.5, 0.6) is 0 Å². The number of amides is 1. The summed E-state index contributed by atoms with van der Waals surface area (Å²) in [5, 5.41) is 13.5. The van der Waals surface area contributed by atoms with Crippen molar-refractivity contribution >= 4 is 17.5 Å². The summed E-state index contributed by atoms with van der Waals surface area (Å²) < 4.78 is 5.40. The van der Waals surface area contributed by atoms with Gasteiger partial charge >= 0.3 is 0 Å². The molecule has 1 amide bonds. The lowest BCUT2D eigenvalue weighted by atomic mass is 10.0. The Bertz CT molecular complexity index is 661. The Morgan fingerprint density at radius 1 is 1.33 bits per heavy atom. The van der Waals surface area contributed by atoms with Gasteiger partial charge in [0.15, 0.2) is 0 Å². The van der Waals surface area contributed by atoms with Gasteiger partial charge < -0.3 is 14.8 Å². The second-order valence-electron chi connectivity index (χ2n) is 5.30. The van der Waals surface area contributed by atoms with Gasteiger partial charge in [-0.15, -0.1) is 0 Å². The summed E-state index contributed by atoms with van der Waals surface area (Å²) in [6, 6.07) is 8.71. The Hall–Kier alpha value is -1.78. The Kier molecular flexibility index (Phi) is 4.40. The zero-order valence-corrected chi connectivity index (χ0v) is 13.0. The van der Waals surface area contributed by atoms with Crippen LogP contribution < -0.4 is 5.32 Å². The van der Waals surface area contributed by atoms with E-state index in [4.69, 9.17) is 16.0 Å². The summed E-state index contributed by atoms with van der Waals surface area (Å²) in [5.41, 5.74) is -0.0546. The molecule has 112 valence electrons. The normalized spacial score (nSPS) is 13.8. The van der Waals surface area contributed by atoms with Crippen molar-refractivity contribution < 1.29 is 14.3 Å². The maximum atomic E-state index is 12.2. The second kappa shape index (κ2) is 5.92. The molecule has 1 atom stereocenters. The summed E-state index contributed by atoms with van der Waals surface area (Å²) in [6.07, 6.45) is 0. The van der Waals surface area contributed by atoms with Crippen LogP contribution in [0.1, 0.15) is 34.4 Å². The number of nitrogens with one attached hydrogen (secondary N) is 1. The van der Waals surface area contributed by atoms with Crippen molar-refractivity contribution in [1.29, 1.82) is 0 Å². The van der Waals surface area contributed by atoms with Crippen LogP contribution in [0, 0.1) is 13.8 Å². The molecule has 0 spiro atoms. The van der Waals surface area contributed by atoms with Gasteiger partial charge in [-0.3, -0.25) is 4.79 Å². The quantitative estimate of drug-likeness (QED) is 0.912. The summed E-state index contributed by atoms with van der Waals surface area (Å²) >= 11 is 6.12. The molecular formula is C16H18ClNO3. The van der Waals surface area contributed by atoms with Gasteiger partial charge in [0.2, 0.25) is 0 Å². The molecular weight excluding hydrogens is 290 g/mol. The highest BCUT2D eigenvalue weighted by atomic mass is 35.5. The van der Waals surface area contributed by atoms with E-state index in [1.54, 1.807) is 38.1 Å². The molecule has 2 N–H and O–H groups in total. The standard InChI is InChI=1S/C16H18ClNO3/c1-10-5-4-6-12(14(10)17)15(19)18-9-16(3,20)13-8-7-11(2)21-13/h4-8,20H,9H2,1-3H3,(H,18,19). The highest BCUT2D eigenvalue weighted by Gasteiger charge is 2.27. The number of hydrogen-bond acceptors (Lipinski definition) is 3. The number of hydrogen-bond donors (Lipinski definition) is 2. The molecule has 2 aromatic rings. The van der Waals surface area contributed by atoms with Crippen molar-refractivity contribution in [2.24, 2.45) is 0 Å². The van der Waals surface area contributed by atoms with Crippen LogP contribution in [0.3, 0.4) is 0 Å². The summed E-state index contributed by atoms with van der Waals surface area (Å²) in [4.78, 5) is 12.2. The number of furan rings is 1. The molecule has 0 saturated carbocycles. The van der Waals surface area contributed by atoms with Crippen molar-refractivity contribution in [2.45, 2.75) is 26.4 Å². The van der Waals surface area contributed by atoms with Crippen LogP contribution >= 0.6 is 11.6 Å². The van der Waals surface area contributed by atoms with Gasteiger partial charge in [-0.1, -0.05) is 23.7 Å². The van der Waals surface area contributed by atoms with Gasteiger partial charge in [-0.2, -0.15) is 0 Å². The number of rotatable bonds is 4. The molecule has 2 rings (SSSR count). The number of aryl methyl sites for hydroxylation is 2. The van der Waals surface area contributed by atoms with Crippen molar-refractivity contribution in [1.82, 2.24) is 5.32 Å². The minimum atomic E-state index is -1.28. The molecule has 1 unspecified atom stereocenters. The van der Waals surface area contributed by atoms with Gasteiger partial charge in [-0.05, 0) is 44.5 Å². The topological polar surface area (TPSA) is 62.5 Å². The minimum absolute atomic E-state index is 0.0308. The molecule has 0 saturated heterocycles. The zero-order chi connectivity index (χ0) is 15.6. The molecule has 0 aliphatic heterocycles.